The molecule has 0 spiro atoms. The van der Waals surface area contributed by atoms with E-state index >= 15 is 0 Å². The molecule has 31 heavy (non-hydrogen) atoms. The molecule has 1 atom stereocenters. The van der Waals surface area contributed by atoms with E-state index in [4.69, 9.17) is 0 Å². The number of nitrogens with one attached hydrogen (secondary N) is 1. The van der Waals surface area contributed by atoms with Crippen LogP contribution in [0.15, 0.2) is 40.9 Å². The van der Waals surface area contributed by atoms with Crippen molar-refractivity contribution < 1.29 is 22.8 Å². The lowest BCUT2D eigenvalue weighted by Crippen LogP contribution is -2.45. The van der Waals surface area contributed by atoms with Crippen molar-refractivity contribution in [3.05, 3.63) is 41.3 Å². The van der Waals surface area contributed by atoms with Gasteiger partial charge in [-0.3, -0.25) is 14.5 Å². The van der Waals surface area contributed by atoms with Crippen LogP contribution in [0.25, 0.3) is 10.7 Å². The highest BCUT2D eigenvalue weighted by Gasteiger charge is 2.35. The zero-order chi connectivity index (χ0) is 22.3. The highest BCUT2D eigenvalue weighted by atomic mass is 32.2. The van der Waals surface area contributed by atoms with Gasteiger partial charge in [0.2, 0.25) is 11.8 Å². The summed E-state index contributed by atoms with van der Waals surface area (Å²) in [6.45, 7) is 1.38. The van der Waals surface area contributed by atoms with Crippen molar-refractivity contribution in [1.29, 1.82) is 0 Å². The number of halogens is 3. The van der Waals surface area contributed by atoms with Crippen LogP contribution in [0, 0.1) is 0 Å². The first-order valence-corrected chi connectivity index (χ1v) is 10.8. The first kappa shape index (κ1) is 21.4. The van der Waals surface area contributed by atoms with Gasteiger partial charge in [0.05, 0.1) is 27.1 Å². The van der Waals surface area contributed by atoms with E-state index in [1.807, 2.05) is 17.5 Å². The maximum absolute atomic E-state index is 13.1. The van der Waals surface area contributed by atoms with Crippen LogP contribution in [0.4, 0.5) is 24.5 Å². The Morgan fingerprint density at radius 1 is 1.29 bits per heavy atom. The standard InChI is InChI=1S/C19H16F3N5O2S2/c1-10(31-18-25-24-16(26(18)2)14-4-3-7-30-14)17(29)27-9-15(28)23-12-8-11(19(20,21)22)5-6-13(12)27/h3-8,10H,9H2,1-2H3,(H,23,28). The average molecular weight is 467 g/mol. The number of hydrogen-bond donors (Lipinski definition) is 1. The van der Waals surface area contributed by atoms with Gasteiger partial charge in [-0.05, 0) is 36.6 Å². The van der Waals surface area contributed by atoms with Crippen molar-refractivity contribution in [1.82, 2.24) is 14.8 Å². The molecule has 162 valence electrons. The summed E-state index contributed by atoms with van der Waals surface area (Å²) >= 11 is 2.68. The van der Waals surface area contributed by atoms with E-state index in [1.54, 1.807) is 18.5 Å². The number of amides is 2. The monoisotopic (exact) mass is 467 g/mol. The van der Waals surface area contributed by atoms with E-state index in [0.717, 1.165) is 28.8 Å². The minimum Gasteiger partial charge on any atom is -0.323 e. The van der Waals surface area contributed by atoms with Crippen molar-refractivity contribution >= 4 is 46.3 Å². The second-order valence-corrected chi connectivity index (χ2v) is 9.06. The second-order valence-electron chi connectivity index (χ2n) is 6.80. The Hall–Kier alpha value is -2.86. The van der Waals surface area contributed by atoms with Gasteiger partial charge in [0.25, 0.3) is 0 Å². The number of hydrogen-bond acceptors (Lipinski definition) is 6. The van der Waals surface area contributed by atoms with Gasteiger partial charge in [0, 0.05) is 7.05 Å². The third-order valence-corrected chi connectivity index (χ3v) is 6.65. The van der Waals surface area contributed by atoms with Gasteiger partial charge in [-0.1, -0.05) is 17.8 Å². The Labute approximate surface area is 183 Å². The molecule has 0 saturated carbocycles. The number of carbonyl (C=O) groups excluding carboxylic acids is 2. The quantitative estimate of drug-likeness (QED) is 0.586. The fourth-order valence-corrected chi connectivity index (χ4v) is 4.75. The summed E-state index contributed by atoms with van der Waals surface area (Å²) in [7, 11) is 1.79. The molecule has 0 radical (unpaired) electrons. The number of thiophene rings is 1. The number of nitrogens with zero attached hydrogens (tertiary/aromatic N) is 4. The minimum atomic E-state index is -4.55. The van der Waals surface area contributed by atoms with Gasteiger partial charge in [-0.15, -0.1) is 21.5 Å². The van der Waals surface area contributed by atoms with E-state index < -0.39 is 28.8 Å². The van der Waals surface area contributed by atoms with Crippen molar-refractivity contribution in [2.24, 2.45) is 7.05 Å². The smallest absolute Gasteiger partial charge is 0.323 e. The molecule has 1 aliphatic heterocycles. The third-order valence-electron chi connectivity index (χ3n) is 4.66. The Morgan fingerprint density at radius 2 is 2.06 bits per heavy atom. The summed E-state index contributed by atoms with van der Waals surface area (Å²) in [6, 6.07) is 6.74. The Balaban J connectivity index is 1.57. The van der Waals surface area contributed by atoms with Gasteiger partial charge >= 0.3 is 6.18 Å². The molecule has 0 bridgehead atoms. The first-order valence-electron chi connectivity index (χ1n) is 9.07. The van der Waals surface area contributed by atoms with Crippen molar-refractivity contribution in [2.45, 2.75) is 23.5 Å². The van der Waals surface area contributed by atoms with Crippen molar-refractivity contribution in [3.8, 4) is 10.7 Å². The first-order chi connectivity index (χ1) is 14.6. The molecule has 0 aliphatic carbocycles. The van der Waals surface area contributed by atoms with Crippen LogP contribution in [-0.2, 0) is 22.8 Å². The molecule has 1 aliphatic rings. The zero-order valence-corrected chi connectivity index (χ0v) is 17.9. The van der Waals surface area contributed by atoms with E-state index in [2.05, 4.69) is 15.5 Å². The average Bonchev–Trinajstić information content (AvgIpc) is 3.36. The van der Waals surface area contributed by atoms with E-state index in [0.29, 0.717) is 11.0 Å². The Kier molecular flexibility index (Phi) is 5.52. The van der Waals surface area contributed by atoms with E-state index in [1.165, 1.54) is 22.3 Å². The maximum atomic E-state index is 13.1. The van der Waals surface area contributed by atoms with Gasteiger partial charge in [0.1, 0.15) is 6.54 Å². The molecule has 1 N–H and O–H groups in total. The molecule has 0 fully saturated rings. The van der Waals surface area contributed by atoms with Gasteiger partial charge < -0.3 is 9.88 Å². The molecule has 2 aromatic heterocycles. The number of benzene rings is 1. The van der Waals surface area contributed by atoms with Crippen molar-refractivity contribution in [3.63, 3.8) is 0 Å². The molecule has 3 heterocycles. The highest BCUT2D eigenvalue weighted by Crippen LogP contribution is 2.38. The fourth-order valence-electron chi connectivity index (χ4n) is 3.13. The second kappa shape index (κ2) is 8.00. The van der Waals surface area contributed by atoms with Gasteiger partial charge in [-0.25, -0.2) is 0 Å². The minimum absolute atomic E-state index is 0.0461. The predicted octanol–water partition coefficient (Wildman–Crippen LogP) is 4.03. The fraction of sp³-hybridized carbons (Fsp3) is 0.263. The number of carbonyl (C=O) groups is 2. The predicted molar refractivity (Wildman–Crippen MR) is 112 cm³/mol. The number of rotatable bonds is 4. The molecule has 12 heteroatoms. The topological polar surface area (TPSA) is 80.1 Å². The Morgan fingerprint density at radius 3 is 2.74 bits per heavy atom. The lowest BCUT2D eigenvalue weighted by molar-refractivity contribution is -0.137. The zero-order valence-electron chi connectivity index (χ0n) is 16.3. The lowest BCUT2D eigenvalue weighted by Gasteiger charge is -2.31. The molecule has 7 nitrogen and oxygen atoms in total. The van der Waals surface area contributed by atoms with Crippen LogP contribution in [0.2, 0.25) is 0 Å². The van der Waals surface area contributed by atoms with Crippen LogP contribution in [0.3, 0.4) is 0 Å². The number of fused-ring (bicyclic) bond motifs is 1. The third kappa shape index (κ3) is 4.17. The summed E-state index contributed by atoms with van der Waals surface area (Å²) in [5.74, 6) is -0.308. The molecular weight excluding hydrogens is 451 g/mol. The molecule has 4 rings (SSSR count). The maximum Gasteiger partial charge on any atom is 0.416 e. The van der Waals surface area contributed by atoms with E-state index in [9.17, 15) is 22.8 Å². The molecule has 2 amide bonds. The summed E-state index contributed by atoms with van der Waals surface area (Å²) in [5.41, 5.74) is -0.721. The van der Waals surface area contributed by atoms with Crippen LogP contribution in [-0.4, -0.2) is 38.4 Å². The molecule has 1 unspecified atom stereocenters. The Bertz CT molecular complexity index is 1140. The largest absolute Gasteiger partial charge is 0.416 e. The van der Waals surface area contributed by atoms with Crippen LogP contribution >= 0.6 is 23.1 Å². The molecule has 1 aromatic carbocycles. The summed E-state index contributed by atoms with van der Waals surface area (Å²) in [6.07, 6.45) is -4.55. The summed E-state index contributed by atoms with van der Waals surface area (Å²) < 4.78 is 40.8. The molecular formula is C19H16F3N5O2S2. The summed E-state index contributed by atoms with van der Waals surface area (Å²) in [4.78, 5) is 27.3. The van der Waals surface area contributed by atoms with Crippen molar-refractivity contribution in [2.75, 3.05) is 16.8 Å². The number of anilines is 2. The summed E-state index contributed by atoms with van der Waals surface area (Å²) in [5, 5.41) is 12.5. The molecule has 0 saturated heterocycles. The van der Waals surface area contributed by atoms with E-state index in [-0.39, 0.29) is 17.9 Å². The van der Waals surface area contributed by atoms with Crippen LogP contribution < -0.4 is 10.2 Å². The number of aromatic nitrogens is 3. The SMILES string of the molecule is CC(Sc1nnc(-c2cccs2)n1C)C(=O)N1CC(=O)Nc2cc(C(F)(F)F)ccc21. The normalized spacial score (nSPS) is 14.9. The molecule has 3 aromatic rings. The number of alkyl halides is 3. The lowest BCUT2D eigenvalue weighted by atomic mass is 10.1. The van der Waals surface area contributed by atoms with Crippen LogP contribution in [0.1, 0.15) is 12.5 Å². The highest BCUT2D eigenvalue weighted by molar-refractivity contribution is 8.00. The van der Waals surface area contributed by atoms with Crippen LogP contribution in [0.5, 0.6) is 0 Å². The van der Waals surface area contributed by atoms with Gasteiger partial charge in [-0.2, -0.15) is 13.2 Å². The van der Waals surface area contributed by atoms with Gasteiger partial charge in [0.15, 0.2) is 11.0 Å². The number of thioether (sulfide) groups is 1.